The van der Waals surface area contributed by atoms with Crippen LogP contribution in [0.25, 0.3) is 5.57 Å². The molecule has 0 atom stereocenters. The van der Waals surface area contributed by atoms with Crippen molar-refractivity contribution in [1.82, 2.24) is 4.90 Å². The standard InChI is InChI=1S/C21H21N3O4/c1-4-14-5-9-16(10-6-14)22-19-18(20(25)23(13(2)3)21(19)26)15-7-11-17(12-8-15)24(27)28/h5-13,22H,4H2,1-3H3. The lowest BCUT2D eigenvalue weighted by Gasteiger charge is -2.19. The molecule has 0 bridgehead atoms. The van der Waals surface area contributed by atoms with Gasteiger partial charge in [-0.2, -0.15) is 0 Å². The third-order valence-electron chi connectivity index (χ3n) is 4.63. The van der Waals surface area contributed by atoms with E-state index in [1.807, 2.05) is 24.3 Å². The molecule has 1 heterocycles. The molecule has 0 saturated carbocycles. The van der Waals surface area contributed by atoms with E-state index in [9.17, 15) is 19.7 Å². The Labute approximate surface area is 162 Å². The molecule has 0 aromatic heterocycles. The van der Waals surface area contributed by atoms with Gasteiger partial charge in [0.15, 0.2) is 0 Å². The van der Waals surface area contributed by atoms with Gasteiger partial charge in [-0.1, -0.05) is 19.1 Å². The maximum atomic E-state index is 13.0. The number of imide groups is 1. The minimum absolute atomic E-state index is 0.0773. The van der Waals surface area contributed by atoms with Gasteiger partial charge < -0.3 is 5.32 Å². The first-order chi connectivity index (χ1) is 13.3. The molecule has 3 rings (SSSR count). The molecule has 7 nitrogen and oxygen atoms in total. The maximum Gasteiger partial charge on any atom is 0.278 e. The number of nitro groups is 1. The number of nitrogens with zero attached hydrogens (tertiary/aromatic N) is 2. The SMILES string of the molecule is CCc1ccc(NC2=C(c3ccc([N+](=O)[O-])cc3)C(=O)N(C(C)C)C2=O)cc1. The average molecular weight is 379 g/mol. The zero-order chi connectivity index (χ0) is 20.4. The van der Waals surface area contributed by atoms with Crippen molar-refractivity contribution >= 4 is 28.8 Å². The Kier molecular flexibility index (Phi) is 5.26. The van der Waals surface area contributed by atoms with Crippen molar-refractivity contribution in [2.75, 3.05) is 5.32 Å². The van der Waals surface area contributed by atoms with Crippen molar-refractivity contribution in [2.24, 2.45) is 0 Å². The summed E-state index contributed by atoms with van der Waals surface area (Å²) >= 11 is 0. The summed E-state index contributed by atoms with van der Waals surface area (Å²) in [6, 6.07) is 12.9. The van der Waals surface area contributed by atoms with Crippen LogP contribution in [0.4, 0.5) is 11.4 Å². The Hall–Kier alpha value is -3.48. The smallest absolute Gasteiger partial charge is 0.278 e. The van der Waals surface area contributed by atoms with Crippen LogP contribution in [0.1, 0.15) is 31.9 Å². The van der Waals surface area contributed by atoms with Crippen molar-refractivity contribution in [3.63, 3.8) is 0 Å². The highest BCUT2D eigenvalue weighted by Gasteiger charge is 2.40. The lowest BCUT2D eigenvalue weighted by molar-refractivity contribution is -0.384. The number of carbonyl (C=O) groups excluding carboxylic acids is 2. The molecule has 0 unspecified atom stereocenters. The molecule has 144 valence electrons. The predicted molar refractivity (Wildman–Crippen MR) is 106 cm³/mol. The topological polar surface area (TPSA) is 92.6 Å². The predicted octanol–water partition coefficient (Wildman–Crippen LogP) is 3.76. The largest absolute Gasteiger partial charge is 0.350 e. The van der Waals surface area contributed by atoms with E-state index in [0.717, 1.165) is 12.0 Å². The van der Waals surface area contributed by atoms with Crippen molar-refractivity contribution < 1.29 is 14.5 Å². The number of amides is 2. The van der Waals surface area contributed by atoms with Gasteiger partial charge in [0.2, 0.25) is 0 Å². The first-order valence-electron chi connectivity index (χ1n) is 9.06. The van der Waals surface area contributed by atoms with Gasteiger partial charge in [-0.3, -0.25) is 24.6 Å². The second kappa shape index (κ2) is 7.64. The summed E-state index contributed by atoms with van der Waals surface area (Å²) in [7, 11) is 0. The lowest BCUT2D eigenvalue weighted by atomic mass is 10.0. The third kappa shape index (κ3) is 3.51. The molecule has 1 N–H and O–H groups in total. The Morgan fingerprint density at radius 2 is 1.61 bits per heavy atom. The number of carbonyl (C=O) groups is 2. The summed E-state index contributed by atoms with van der Waals surface area (Å²) < 4.78 is 0. The van der Waals surface area contributed by atoms with E-state index in [1.54, 1.807) is 13.8 Å². The molecular weight excluding hydrogens is 358 g/mol. The van der Waals surface area contributed by atoms with Crippen LogP contribution in [0.15, 0.2) is 54.2 Å². The molecular formula is C21H21N3O4. The fourth-order valence-corrected chi connectivity index (χ4v) is 3.12. The van der Waals surface area contributed by atoms with Crippen molar-refractivity contribution in [3.8, 4) is 0 Å². The second-order valence-electron chi connectivity index (χ2n) is 6.80. The monoisotopic (exact) mass is 379 g/mol. The van der Waals surface area contributed by atoms with Gasteiger partial charge in [0.05, 0.1) is 10.5 Å². The summed E-state index contributed by atoms with van der Waals surface area (Å²) in [6.45, 7) is 5.59. The quantitative estimate of drug-likeness (QED) is 0.469. The molecule has 7 heteroatoms. The Bertz CT molecular complexity index is 960. The normalized spacial score (nSPS) is 14.2. The van der Waals surface area contributed by atoms with Gasteiger partial charge in [-0.25, -0.2) is 0 Å². The molecule has 2 aromatic carbocycles. The van der Waals surface area contributed by atoms with E-state index >= 15 is 0 Å². The molecule has 0 radical (unpaired) electrons. The third-order valence-corrected chi connectivity index (χ3v) is 4.63. The summed E-state index contributed by atoms with van der Waals surface area (Å²) in [6.07, 6.45) is 0.898. The fraction of sp³-hybridized carbons (Fsp3) is 0.238. The van der Waals surface area contributed by atoms with Crippen molar-refractivity contribution in [1.29, 1.82) is 0 Å². The van der Waals surface area contributed by atoms with E-state index in [2.05, 4.69) is 12.2 Å². The fourth-order valence-electron chi connectivity index (χ4n) is 3.12. The van der Waals surface area contributed by atoms with Crippen LogP contribution in [0.2, 0.25) is 0 Å². The Morgan fingerprint density at radius 3 is 2.11 bits per heavy atom. The highest BCUT2D eigenvalue weighted by atomic mass is 16.6. The van der Waals surface area contributed by atoms with E-state index in [0.29, 0.717) is 11.3 Å². The summed E-state index contributed by atoms with van der Waals surface area (Å²) in [5, 5.41) is 14.0. The van der Waals surface area contributed by atoms with E-state index in [1.165, 1.54) is 29.2 Å². The molecule has 0 aliphatic carbocycles. The molecule has 2 amide bonds. The Morgan fingerprint density at radius 1 is 1.00 bits per heavy atom. The highest BCUT2D eigenvalue weighted by molar-refractivity contribution is 6.36. The highest BCUT2D eigenvalue weighted by Crippen LogP contribution is 2.32. The van der Waals surface area contributed by atoms with E-state index < -0.39 is 16.7 Å². The van der Waals surface area contributed by atoms with Crippen molar-refractivity contribution in [2.45, 2.75) is 33.2 Å². The van der Waals surface area contributed by atoms with Crippen molar-refractivity contribution in [3.05, 3.63) is 75.5 Å². The van der Waals surface area contributed by atoms with Crippen LogP contribution in [-0.2, 0) is 16.0 Å². The number of aryl methyl sites for hydroxylation is 1. The maximum absolute atomic E-state index is 13.0. The molecule has 28 heavy (non-hydrogen) atoms. The minimum atomic E-state index is -0.505. The first kappa shape index (κ1) is 19.3. The van der Waals surface area contributed by atoms with Gasteiger partial charge in [-0.05, 0) is 55.7 Å². The van der Waals surface area contributed by atoms with Gasteiger partial charge >= 0.3 is 0 Å². The molecule has 0 fully saturated rings. The summed E-state index contributed by atoms with van der Waals surface area (Å²) in [5.41, 5.74) is 2.63. The van der Waals surface area contributed by atoms with E-state index in [4.69, 9.17) is 0 Å². The van der Waals surface area contributed by atoms with Gasteiger partial charge in [0, 0.05) is 23.9 Å². The van der Waals surface area contributed by atoms with E-state index in [-0.39, 0.29) is 23.0 Å². The number of rotatable bonds is 6. The zero-order valence-corrected chi connectivity index (χ0v) is 15.9. The van der Waals surface area contributed by atoms with Gasteiger partial charge in [-0.15, -0.1) is 0 Å². The number of anilines is 1. The molecule has 0 spiro atoms. The van der Waals surface area contributed by atoms with Crippen LogP contribution < -0.4 is 5.32 Å². The number of non-ortho nitro benzene ring substituents is 1. The van der Waals surface area contributed by atoms with Crippen LogP contribution in [-0.4, -0.2) is 27.7 Å². The zero-order valence-electron chi connectivity index (χ0n) is 15.9. The molecule has 1 aliphatic heterocycles. The number of hydrogen-bond acceptors (Lipinski definition) is 5. The number of hydrogen-bond donors (Lipinski definition) is 1. The minimum Gasteiger partial charge on any atom is -0.350 e. The summed E-state index contributed by atoms with van der Waals surface area (Å²) in [4.78, 5) is 37.5. The van der Waals surface area contributed by atoms with Crippen LogP contribution in [0, 0.1) is 10.1 Å². The van der Waals surface area contributed by atoms with Crippen LogP contribution in [0.5, 0.6) is 0 Å². The number of benzene rings is 2. The second-order valence-corrected chi connectivity index (χ2v) is 6.80. The Balaban J connectivity index is 2.05. The molecule has 0 saturated heterocycles. The van der Waals surface area contributed by atoms with Gasteiger partial charge in [0.25, 0.3) is 17.5 Å². The van der Waals surface area contributed by atoms with Gasteiger partial charge in [0.1, 0.15) is 5.70 Å². The number of nitro benzene ring substituents is 1. The van der Waals surface area contributed by atoms with Crippen LogP contribution >= 0.6 is 0 Å². The van der Waals surface area contributed by atoms with Crippen LogP contribution in [0.3, 0.4) is 0 Å². The lowest BCUT2D eigenvalue weighted by Crippen LogP contribution is -2.38. The average Bonchev–Trinajstić information content (AvgIpc) is 2.92. The molecule has 2 aromatic rings. The molecule has 1 aliphatic rings. The summed E-state index contributed by atoms with van der Waals surface area (Å²) in [5.74, 6) is -0.825. The first-order valence-corrected chi connectivity index (χ1v) is 9.06. The number of nitrogens with one attached hydrogen (secondary N) is 1.